The lowest BCUT2D eigenvalue weighted by Crippen LogP contribution is -2.42. The molecule has 168 valence electrons. The minimum atomic E-state index is -0.218. The Bertz CT molecular complexity index is 1120. The van der Waals surface area contributed by atoms with Crippen molar-refractivity contribution in [2.75, 3.05) is 20.3 Å². The first-order valence-electron chi connectivity index (χ1n) is 11.3. The largest absolute Gasteiger partial charge is 0.385 e. The zero-order valence-corrected chi connectivity index (χ0v) is 19.8. The number of halogens is 1. The van der Waals surface area contributed by atoms with Gasteiger partial charge in [0.1, 0.15) is 5.00 Å². The van der Waals surface area contributed by atoms with Crippen LogP contribution in [0.15, 0.2) is 42.6 Å². The summed E-state index contributed by atoms with van der Waals surface area (Å²) in [6, 6.07) is 11.8. The smallest absolute Gasteiger partial charge is 0.318 e. The van der Waals surface area contributed by atoms with Gasteiger partial charge in [-0.3, -0.25) is 0 Å². The summed E-state index contributed by atoms with van der Waals surface area (Å²) in [4.78, 5) is 17.0. The minimum Gasteiger partial charge on any atom is -0.385 e. The molecule has 0 unspecified atom stereocenters. The number of rotatable bonds is 5. The Morgan fingerprint density at radius 1 is 1.22 bits per heavy atom. The molecular weight excluding hydrogens is 442 g/mol. The fourth-order valence-corrected chi connectivity index (χ4v) is 6.53. The summed E-state index contributed by atoms with van der Waals surface area (Å²) >= 11 is 8.28. The fraction of sp³-hybridized carbons (Fsp3) is 0.400. The number of hydrogen-bond acceptors (Lipinski definition) is 3. The Kier molecular flexibility index (Phi) is 6.26. The number of fused-ring (bicyclic) bond motifs is 5. The van der Waals surface area contributed by atoms with E-state index in [1.807, 2.05) is 34.4 Å². The standard InChI is InChI=1S/C25H28ClN3O2S/c1-31-14-6-12-27-25(30)29-16-20-19-9-2-3-11-22(19)32-24(20)28-13-5-10-21(28)23(29)17-7-4-8-18(26)15-17/h4-5,7-8,10,13,15,23H,2-3,6,9,11-12,14,16H2,1H3,(H,27,30)/t23-/m0/s1. The molecule has 5 rings (SSSR count). The second kappa shape index (κ2) is 9.30. The molecule has 0 bridgehead atoms. The normalized spacial score (nSPS) is 17.3. The Morgan fingerprint density at radius 3 is 2.94 bits per heavy atom. The highest BCUT2D eigenvalue weighted by Gasteiger charge is 2.36. The topological polar surface area (TPSA) is 46.5 Å². The van der Waals surface area contributed by atoms with Gasteiger partial charge in [-0.05, 0) is 67.5 Å². The molecule has 2 aromatic heterocycles. The van der Waals surface area contributed by atoms with Gasteiger partial charge >= 0.3 is 6.03 Å². The Morgan fingerprint density at radius 2 is 2.09 bits per heavy atom. The molecular formula is C25H28ClN3O2S. The molecule has 1 N–H and O–H groups in total. The molecule has 3 aromatic rings. The maximum Gasteiger partial charge on any atom is 0.318 e. The fourth-order valence-electron chi connectivity index (χ4n) is 4.93. The highest BCUT2D eigenvalue weighted by molar-refractivity contribution is 7.15. The average molecular weight is 470 g/mol. The van der Waals surface area contributed by atoms with E-state index in [1.54, 1.807) is 7.11 Å². The molecule has 0 fully saturated rings. The second-order valence-electron chi connectivity index (χ2n) is 8.46. The summed E-state index contributed by atoms with van der Waals surface area (Å²) in [5, 5.41) is 5.06. The van der Waals surface area contributed by atoms with E-state index in [4.69, 9.17) is 16.3 Å². The van der Waals surface area contributed by atoms with Crippen LogP contribution in [0, 0.1) is 0 Å². The van der Waals surface area contributed by atoms with Gasteiger partial charge in [-0.2, -0.15) is 0 Å². The van der Waals surface area contributed by atoms with Crippen LogP contribution >= 0.6 is 22.9 Å². The Hall–Kier alpha value is -2.28. The van der Waals surface area contributed by atoms with Gasteiger partial charge in [0.05, 0.1) is 18.3 Å². The molecule has 0 saturated heterocycles. The van der Waals surface area contributed by atoms with E-state index < -0.39 is 0 Å². The summed E-state index contributed by atoms with van der Waals surface area (Å²) in [6.45, 7) is 1.81. The first-order chi connectivity index (χ1) is 15.7. The molecule has 32 heavy (non-hydrogen) atoms. The van der Waals surface area contributed by atoms with Crippen molar-refractivity contribution in [3.8, 4) is 5.00 Å². The summed E-state index contributed by atoms with van der Waals surface area (Å²) in [6.07, 6.45) is 7.63. The molecule has 1 atom stereocenters. The van der Waals surface area contributed by atoms with Crippen LogP contribution in [0.1, 0.15) is 52.6 Å². The van der Waals surface area contributed by atoms with E-state index in [0.717, 1.165) is 30.5 Å². The lowest BCUT2D eigenvalue weighted by atomic mass is 9.95. The highest BCUT2D eigenvalue weighted by Crippen LogP contribution is 2.44. The number of benzene rings is 1. The van der Waals surface area contributed by atoms with Crippen LogP contribution in [0.2, 0.25) is 5.02 Å². The van der Waals surface area contributed by atoms with E-state index in [2.05, 4.69) is 34.3 Å². The SMILES string of the molecule is COCCCNC(=O)N1Cc2c(sc3c2CCCC3)-n2cccc2[C@@H]1c1cccc(Cl)c1. The average Bonchev–Trinajstić information content (AvgIpc) is 3.38. The summed E-state index contributed by atoms with van der Waals surface area (Å²) in [5.74, 6) is 0. The number of carbonyl (C=O) groups is 1. The predicted octanol–water partition coefficient (Wildman–Crippen LogP) is 5.72. The number of aromatic nitrogens is 1. The van der Waals surface area contributed by atoms with Gasteiger partial charge in [-0.1, -0.05) is 23.7 Å². The molecule has 0 radical (unpaired) electrons. The lowest BCUT2D eigenvalue weighted by molar-refractivity contribution is 0.174. The number of amides is 2. The van der Waals surface area contributed by atoms with Crippen molar-refractivity contribution in [3.05, 3.63) is 74.9 Å². The van der Waals surface area contributed by atoms with Gasteiger partial charge in [0.2, 0.25) is 0 Å². The summed E-state index contributed by atoms with van der Waals surface area (Å²) in [7, 11) is 1.68. The highest BCUT2D eigenvalue weighted by atomic mass is 35.5. The van der Waals surface area contributed by atoms with Gasteiger partial charge in [0, 0.05) is 41.9 Å². The number of methoxy groups -OCH3 is 1. The molecule has 3 heterocycles. The molecule has 0 saturated carbocycles. The van der Waals surface area contributed by atoms with Crippen molar-refractivity contribution in [2.45, 2.75) is 44.7 Å². The van der Waals surface area contributed by atoms with Crippen molar-refractivity contribution in [1.82, 2.24) is 14.8 Å². The maximum absolute atomic E-state index is 13.5. The van der Waals surface area contributed by atoms with Gasteiger partial charge in [0.15, 0.2) is 0 Å². The zero-order chi connectivity index (χ0) is 22.1. The van der Waals surface area contributed by atoms with Gasteiger partial charge < -0.3 is 19.5 Å². The van der Waals surface area contributed by atoms with E-state index in [-0.39, 0.29) is 12.1 Å². The van der Waals surface area contributed by atoms with Crippen molar-refractivity contribution >= 4 is 29.0 Å². The van der Waals surface area contributed by atoms with Crippen molar-refractivity contribution in [1.29, 1.82) is 0 Å². The first-order valence-corrected chi connectivity index (χ1v) is 12.5. The first kappa shape index (κ1) is 21.6. The molecule has 2 aliphatic rings. The van der Waals surface area contributed by atoms with Crippen LogP contribution in [-0.2, 0) is 24.1 Å². The van der Waals surface area contributed by atoms with E-state index in [1.165, 1.54) is 33.8 Å². The number of thiophene rings is 1. The van der Waals surface area contributed by atoms with E-state index in [0.29, 0.717) is 24.7 Å². The van der Waals surface area contributed by atoms with Crippen LogP contribution in [0.3, 0.4) is 0 Å². The molecule has 1 aromatic carbocycles. The number of ether oxygens (including phenoxy) is 1. The summed E-state index contributed by atoms with van der Waals surface area (Å²) in [5.41, 5.74) is 4.88. The molecule has 7 heteroatoms. The van der Waals surface area contributed by atoms with Crippen LogP contribution in [0.5, 0.6) is 0 Å². The lowest BCUT2D eigenvalue weighted by Gasteiger charge is -2.31. The third-order valence-corrected chi connectivity index (χ3v) is 7.97. The molecule has 2 amide bonds. The number of nitrogens with zero attached hydrogens (tertiary/aromatic N) is 2. The quantitative estimate of drug-likeness (QED) is 0.485. The minimum absolute atomic E-state index is 0.0533. The van der Waals surface area contributed by atoms with Gasteiger partial charge in [-0.25, -0.2) is 4.79 Å². The molecule has 5 nitrogen and oxygen atoms in total. The molecule has 1 aliphatic carbocycles. The van der Waals surface area contributed by atoms with E-state index >= 15 is 0 Å². The predicted molar refractivity (Wildman–Crippen MR) is 129 cm³/mol. The van der Waals surface area contributed by atoms with Gasteiger partial charge in [-0.15, -0.1) is 11.3 Å². The number of urea groups is 1. The monoisotopic (exact) mass is 469 g/mol. The van der Waals surface area contributed by atoms with Crippen molar-refractivity contribution in [2.24, 2.45) is 0 Å². The third kappa shape index (κ3) is 3.96. The molecule has 0 spiro atoms. The Labute approximate surface area is 197 Å². The molecule has 1 aliphatic heterocycles. The van der Waals surface area contributed by atoms with Crippen LogP contribution in [0.4, 0.5) is 4.79 Å². The number of carbonyl (C=O) groups excluding carboxylic acids is 1. The van der Waals surface area contributed by atoms with Crippen LogP contribution < -0.4 is 5.32 Å². The number of hydrogen-bond donors (Lipinski definition) is 1. The van der Waals surface area contributed by atoms with Crippen molar-refractivity contribution in [3.63, 3.8) is 0 Å². The number of aryl methyl sites for hydroxylation is 1. The third-order valence-electron chi connectivity index (χ3n) is 6.41. The van der Waals surface area contributed by atoms with Gasteiger partial charge in [0.25, 0.3) is 0 Å². The van der Waals surface area contributed by atoms with Crippen LogP contribution in [0.25, 0.3) is 5.00 Å². The zero-order valence-electron chi connectivity index (χ0n) is 18.3. The Balaban J connectivity index is 1.60. The second-order valence-corrected chi connectivity index (χ2v) is 9.98. The van der Waals surface area contributed by atoms with Crippen LogP contribution in [-0.4, -0.2) is 35.8 Å². The van der Waals surface area contributed by atoms with Crippen molar-refractivity contribution < 1.29 is 9.53 Å². The number of nitrogens with one attached hydrogen (secondary N) is 1. The van der Waals surface area contributed by atoms with E-state index in [9.17, 15) is 4.79 Å². The summed E-state index contributed by atoms with van der Waals surface area (Å²) < 4.78 is 7.44. The maximum atomic E-state index is 13.5.